The number of amides is 1. The lowest BCUT2D eigenvalue weighted by Crippen LogP contribution is -2.48. The largest absolute Gasteiger partial charge is 0.356 e. The fourth-order valence-electron chi connectivity index (χ4n) is 3.70. The second kappa shape index (κ2) is 7.50. The molecule has 6 nitrogen and oxygen atoms in total. The first-order valence-electron chi connectivity index (χ1n) is 8.41. The summed E-state index contributed by atoms with van der Waals surface area (Å²) < 4.78 is 2.66. The van der Waals surface area contributed by atoms with Crippen molar-refractivity contribution in [2.24, 2.45) is 5.92 Å². The quantitative estimate of drug-likeness (QED) is 0.790. The van der Waals surface area contributed by atoms with Gasteiger partial charge in [-0.05, 0) is 18.4 Å². The Morgan fingerprint density at radius 2 is 2.27 bits per heavy atom. The van der Waals surface area contributed by atoms with E-state index in [0.29, 0.717) is 17.0 Å². The molecular formula is C17H18N4O2S3. The monoisotopic (exact) mass is 406 g/mol. The lowest BCUT2D eigenvalue weighted by Gasteiger charge is -2.43. The molecule has 2 aliphatic rings. The predicted molar refractivity (Wildman–Crippen MR) is 109 cm³/mol. The van der Waals surface area contributed by atoms with Gasteiger partial charge in [0, 0.05) is 48.9 Å². The van der Waals surface area contributed by atoms with Gasteiger partial charge >= 0.3 is 0 Å². The van der Waals surface area contributed by atoms with Crippen molar-refractivity contribution in [2.45, 2.75) is 18.9 Å². The molecule has 1 amide bonds. The Morgan fingerprint density at radius 3 is 3.08 bits per heavy atom. The van der Waals surface area contributed by atoms with Gasteiger partial charge in [0.05, 0.1) is 5.75 Å². The zero-order chi connectivity index (χ0) is 18.1. The van der Waals surface area contributed by atoms with Gasteiger partial charge in [0.25, 0.3) is 5.56 Å². The maximum absolute atomic E-state index is 12.1. The third kappa shape index (κ3) is 3.70. The number of piperidine rings is 1. The minimum atomic E-state index is -0.0959. The van der Waals surface area contributed by atoms with Crippen molar-refractivity contribution in [1.29, 1.82) is 0 Å². The van der Waals surface area contributed by atoms with Crippen LogP contribution in [0.3, 0.4) is 0 Å². The summed E-state index contributed by atoms with van der Waals surface area (Å²) in [5.74, 6) is 0.921. The van der Waals surface area contributed by atoms with Crippen LogP contribution in [-0.2, 0) is 11.3 Å². The third-order valence-corrected chi connectivity index (χ3v) is 6.96. The number of anilines is 1. The number of hydrogen-bond acceptors (Lipinski definition) is 6. The molecule has 2 aromatic rings. The van der Waals surface area contributed by atoms with Crippen LogP contribution in [0.2, 0.25) is 0 Å². The van der Waals surface area contributed by atoms with Crippen molar-refractivity contribution in [3.8, 4) is 0 Å². The van der Waals surface area contributed by atoms with Crippen molar-refractivity contribution in [1.82, 2.24) is 14.5 Å². The Bertz CT molecular complexity index is 880. The number of thiazole rings is 1. The van der Waals surface area contributed by atoms with Gasteiger partial charge in [-0.25, -0.2) is 4.98 Å². The highest BCUT2D eigenvalue weighted by Crippen LogP contribution is 2.36. The molecule has 0 spiro atoms. The summed E-state index contributed by atoms with van der Waals surface area (Å²) in [5, 5.41) is 5.20. The van der Waals surface area contributed by atoms with Gasteiger partial charge < -0.3 is 14.8 Å². The minimum absolute atomic E-state index is 0.0847. The van der Waals surface area contributed by atoms with E-state index >= 15 is 0 Å². The summed E-state index contributed by atoms with van der Waals surface area (Å²) in [6.07, 6.45) is 2.76. The highest BCUT2D eigenvalue weighted by atomic mass is 32.2. The van der Waals surface area contributed by atoms with E-state index in [0.717, 1.165) is 36.1 Å². The zero-order valence-electron chi connectivity index (χ0n) is 14.0. The average molecular weight is 407 g/mol. The van der Waals surface area contributed by atoms with Gasteiger partial charge in [-0.2, -0.15) is 0 Å². The number of likely N-dealkylation sites (tertiary alicyclic amines) is 1. The molecule has 4 rings (SSSR count). The van der Waals surface area contributed by atoms with Crippen LogP contribution in [0.5, 0.6) is 0 Å². The maximum atomic E-state index is 12.1. The van der Waals surface area contributed by atoms with Gasteiger partial charge in [-0.1, -0.05) is 30.0 Å². The summed E-state index contributed by atoms with van der Waals surface area (Å²) in [4.78, 5) is 30.3. The van der Waals surface area contributed by atoms with Gasteiger partial charge in [0.1, 0.15) is 4.32 Å². The molecule has 4 heterocycles. The summed E-state index contributed by atoms with van der Waals surface area (Å²) in [6, 6.07) is 5.51. The minimum Gasteiger partial charge on any atom is -0.356 e. The van der Waals surface area contributed by atoms with Crippen molar-refractivity contribution in [3.05, 3.63) is 45.8 Å². The first-order chi connectivity index (χ1) is 12.6. The normalized spacial score (nSPS) is 21.2. The Kier molecular flexibility index (Phi) is 5.10. The molecule has 1 N–H and O–H groups in total. The molecule has 0 saturated carbocycles. The van der Waals surface area contributed by atoms with Crippen LogP contribution in [0.1, 0.15) is 18.0 Å². The van der Waals surface area contributed by atoms with E-state index in [9.17, 15) is 9.59 Å². The number of pyridine rings is 1. The molecule has 136 valence electrons. The number of nitrogens with zero attached hydrogens (tertiary/aromatic N) is 3. The van der Waals surface area contributed by atoms with Crippen LogP contribution in [0.4, 0.5) is 5.13 Å². The number of rotatable bonds is 3. The van der Waals surface area contributed by atoms with Crippen molar-refractivity contribution >= 4 is 50.7 Å². The zero-order valence-corrected chi connectivity index (χ0v) is 16.4. The topological polar surface area (TPSA) is 67.2 Å². The second-order valence-electron chi connectivity index (χ2n) is 6.54. The summed E-state index contributed by atoms with van der Waals surface area (Å²) in [7, 11) is 0. The number of thiocarbonyl (C=S) groups is 1. The molecule has 0 unspecified atom stereocenters. The smallest absolute Gasteiger partial charge is 0.250 e. The standard InChI is InChI=1S/C17H18N4O2S3/c22-14(19-16-18-4-5-25-16)10-26-17(24)20-7-11-6-12(9-20)13-2-1-3-15(23)21(13)8-11/h1-5,11-12H,6-10H2,(H,18,19,22)/t11-,12-/m0/s1. The van der Waals surface area contributed by atoms with Crippen LogP contribution >= 0.6 is 35.3 Å². The van der Waals surface area contributed by atoms with E-state index in [1.54, 1.807) is 12.3 Å². The van der Waals surface area contributed by atoms with E-state index in [1.807, 2.05) is 22.1 Å². The summed E-state index contributed by atoms with van der Waals surface area (Å²) in [5.41, 5.74) is 1.19. The van der Waals surface area contributed by atoms with Crippen LogP contribution in [0.15, 0.2) is 34.6 Å². The molecule has 1 saturated heterocycles. The molecule has 26 heavy (non-hydrogen) atoms. The second-order valence-corrected chi connectivity index (χ2v) is 9.05. The van der Waals surface area contributed by atoms with Crippen LogP contribution in [0, 0.1) is 5.92 Å². The molecule has 2 bridgehead atoms. The molecule has 0 aliphatic carbocycles. The van der Waals surface area contributed by atoms with Gasteiger partial charge in [-0.15, -0.1) is 11.3 Å². The fourth-order valence-corrected chi connectivity index (χ4v) is 5.23. The van der Waals surface area contributed by atoms with Gasteiger partial charge in [-0.3, -0.25) is 9.59 Å². The summed E-state index contributed by atoms with van der Waals surface area (Å²) in [6.45, 7) is 2.40. The Morgan fingerprint density at radius 1 is 1.38 bits per heavy atom. The molecule has 2 aliphatic heterocycles. The molecule has 9 heteroatoms. The lowest BCUT2D eigenvalue weighted by molar-refractivity contribution is -0.113. The third-order valence-electron chi connectivity index (χ3n) is 4.74. The maximum Gasteiger partial charge on any atom is 0.250 e. The number of aromatic nitrogens is 2. The Balaban J connectivity index is 1.37. The molecule has 2 atom stereocenters. The Labute approximate surface area is 164 Å². The van der Waals surface area contributed by atoms with Crippen LogP contribution < -0.4 is 10.9 Å². The number of carbonyl (C=O) groups is 1. The molecular weight excluding hydrogens is 388 g/mol. The van der Waals surface area contributed by atoms with E-state index in [1.165, 1.54) is 23.1 Å². The summed E-state index contributed by atoms with van der Waals surface area (Å²) >= 11 is 8.36. The van der Waals surface area contributed by atoms with E-state index in [2.05, 4.69) is 15.2 Å². The number of hydrogen-bond donors (Lipinski definition) is 1. The van der Waals surface area contributed by atoms with E-state index in [-0.39, 0.29) is 17.2 Å². The lowest BCUT2D eigenvalue weighted by atomic mass is 9.83. The van der Waals surface area contributed by atoms with Crippen LogP contribution in [0.25, 0.3) is 0 Å². The SMILES string of the molecule is O=C(CSC(=S)N1C[C@@H]2C[C@@H](C1)c1cccc(=O)n1C2)Nc1nccs1. The molecule has 0 radical (unpaired) electrons. The number of thioether (sulfide) groups is 1. The highest BCUT2D eigenvalue weighted by molar-refractivity contribution is 8.23. The number of fused-ring (bicyclic) bond motifs is 4. The highest BCUT2D eigenvalue weighted by Gasteiger charge is 2.35. The Hall–Kier alpha value is -1.71. The van der Waals surface area contributed by atoms with E-state index in [4.69, 9.17) is 12.2 Å². The van der Waals surface area contributed by atoms with Gasteiger partial charge in [0.15, 0.2) is 5.13 Å². The van der Waals surface area contributed by atoms with Crippen molar-refractivity contribution in [2.75, 3.05) is 24.2 Å². The average Bonchev–Trinajstić information content (AvgIpc) is 3.13. The van der Waals surface area contributed by atoms with Gasteiger partial charge in [0.2, 0.25) is 5.91 Å². The predicted octanol–water partition coefficient (Wildman–Crippen LogP) is 2.38. The molecule has 0 aromatic carbocycles. The fraction of sp³-hybridized carbons (Fsp3) is 0.412. The van der Waals surface area contributed by atoms with Crippen molar-refractivity contribution < 1.29 is 4.79 Å². The van der Waals surface area contributed by atoms with E-state index < -0.39 is 0 Å². The first-order valence-corrected chi connectivity index (χ1v) is 10.7. The number of nitrogens with one attached hydrogen (secondary N) is 1. The number of carbonyl (C=O) groups excluding carboxylic acids is 1. The molecule has 2 aromatic heterocycles. The first kappa shape index (κ1) is 17.7. The van der Waals surface area contributed by atoms with Crippen molar-refractivity contribution in [3.63, 3.8) is 0 Å². The molecule has 1 fully saturated rings. The van der Waals surface area contributed by atoms with Crippen LogP contribution in [-0.4, -0.2) is 43.5 Å².